The molecule has 1 atom stereocenters. The standard InChI is InChI=1S/C26H29NO5/c1-16-20-12-18-9-10-26(2,3)32-22(18)14-23(20)31-25(30)21(16)13-24(29)27-19(15-28)11-17-7-5-4-6-8-17/h4-8,12,14,19,28H,9-11,13,15H2,1-3H3,(H,27,29)/t19-/m1/s1. The molecule has 0 spiro atoms. The fraction of sp³-hybridized carbons (Fsp3) is 0.385. The quantitative estimate of drug-likeness (QED) is 0.579. The molecule has 0 fully saturated rings. The molecular weight excluding hydrogens is 406 g/mol. The number of amides is 1. The van der Waals surface area contributed by atoms with Crippen molar-refractivity contribution in [3.05, 3.63) is 75.1 Å². The van der Waals surface area contributed by atoms with Crippen LogP contribution in [0.2, 0.25) is 0 Å². The first-order chi connectivity index (χ1) is 15.3. The number of carbonyl (C=O) groups is 1. The van der Waals surface area contributed by atoms with Crippen molar-refractivity contribution in [3.63, 3.8) is 0 Å². The molecule has 6 nitrogen and oxygen atoms in total. The summed E-state index contributed by atoms with van der Waals surface area (Å²) in [5.41, 5.74) is 2.85. The van der Waals surface area contributed by atoms with E-state index in [2.05, 4.69) is 5.32 Å². The lowest BCUT2D eigenvalue weighted by molar-refractivity contribution is -0.121. The van der Waals surface area contributed by atoms with Gasteiger partial charge in [-0.1, -0.05) is 30.3 Å². The maximum atomic E-state index is 12.7. The lowest BCUT2D eigenvalue weighted by Gasteiger charge is -2.32. The molecule has 1 aliphatic heterocycles. The summed E-state index contributed by atoms with van der Waals surface area (Å²) in [6.07, 6.45) is 2.19. The average Bonchev–Trinajstić information content (AvgIpc) is 2.75. The van der Waals surface area contributed by atoms with E-state index in [9.17, 15) is 14.7 Å². The Morgan fingerprint density at radius 2 is 1.97 bits per heavy atom. The average molecular weight is 436 g/mol. The van der Waals surface area contributed by atoms with Crippen molar-refractivity contribution in [2.75, 3.05) is 6.61 Å². The lowest BCUT2D eigenvalue weighted by Crippen LogP contribution is -2.40. The van der Waals surface area contributed by atoms with E-state index < -0.39 is 11.7 Å². The molecule has 0 bridgehead atoms. The van der Waals surface area contributed by atoms with Gasteiger partial charge in [0.1, 0.15) is 16.9 Å². The molecule has 0 radical (unpaired) electrons. The summed E-state index contributed by atoms with van der Waals surface area (Å²) in [6.45, 7) is 5.74. The zero-order chi connectivity index (χ0) is 22.9. The maximum absolute atomic E-state index is 12.7. The van der Waals surface area contributed by atoms with E-state index in [1.54, 1.807) is 6.07 Å². The van der Waals surface area contributed by atoms with Crippen molar-refractivity contribution in [2.45, 2.75) is 58.1 Å². The number of rotatable bonds is 6. The third-order valence-corrected chi connectivity index (χ3v) is 6.10. The fourth-order valence-electron chi connectivity index (χ4n) is 4.24. The highest BCUT2D eigenvalue weighted by molar-refractivity contribution is 5.86. The molecule has 0 saturated heterocycles. The lowest BCUT2D eigenvalue weighted by atomic mass is 9.92. The van der Waals surface area contributed by atoms with Crippen molar-refractivity contribution >= 4 is 16.9 Å². The first-order valence-corrected chi connectivity index (χ1v) is 11.0. The summed E-state index contributed by atoms with van der Waals surface area (Å²) < 4.78 is 11.6. The fourth-order valence-corrected chi connectivity index (χ4v) is 4.24. The second kappa shape index (κ2) is 8.79. The molecule has 3 aromatic rings. The van der Waals surface area contributed by atoms with Gasteiger partial charge in [0.05, 0.1) is 24.6 Å². The van der Waals surface area contributed by atoms with Crippen LogP contribution in [0, 0.1) is 6.92 Å². The molecule has 6 heteroatoms. The first-order valence-electron chi connectivity index (χ1n) is 11.0. The highest BCUT2D eigenvalue weighted by Gasteiger charge is 2.28. The maximum Gasteiger partial charge on any atom is 0.340 e. The Hall–Kier alpha value is -3.12. The van der Waals surface area contributed by atoms with E-state index >= 15 is 0 Å². The van der Waals surface area contributed by atoms with Crippen LogP contribution in [0.1, 0.15) is 42.5 Å². The Labute approximate surface area is 187 Å². The first kappa shape index (κ1) is 22.1. The van der Waals surface area contributed by atoms with Gasteiger partial charge in [0.25, 0.3) is 0 Å². The number of aryl methyl sites for hydroxylation is 2. The predicted molar refractivity (Wildman–Crippen MR) is 123 cm³/mol. The van der Waals surface area contributed by atoms with E-state index in [1.807, 2.05) is 57.2 Å². The smallest absolute Gasteiger partial charge is 0.340 e. The Morgan fingerprint density at radius 1 is 1.22 bits per heavy atom. The molecule has 1 aromatic heterocycles. The van der Waals surface area contributed by atoms with Crippen LogP contribution in [-0.4, -0.2) is 29.3 Å². The van der Waals surface area contributed by atoms with Gasteiger partial charge >= 0.3 is 5.63 Å². The molecule has 1 amide bonds. The van der Waals surface area contributed by atoms with Gasteiger partial charge < -0.3 is 19.6 Å². The van der Waals surface area contributed by atoms with Gasteiger partial charge in [-0.15, -0.1) is 0 Å². The van der Waals surface area contributed by atoms with Gasteiger partial charge in [0.2, 0.25) is 5.91 Å². The Bertz CT molecular complexity index is 1200. The highest BCUT2D eigenvalue weighted by Crippen LogP contribution is 2.36. The number of hydrogen-bond acceptors (Lipinski definition) is 5. The third-order valence-electron chi connectivity index (χ3n) is 6.10. The molecule has 1 aliphatic rings. The second-order valence-electron chi connectivity index (χ2n) is 9.12. The van der Waals surface area contributed by atoms with Gasteiger partial charge in [-0.3, -0.25) is 4.79 Å². The normalized spacial score (nSPS) is 15.6. The number of hydrogen-bond donors (Lipinski definition) is 2. The Morgan fingerprint density at radius 3 is 2.69 bits per heavy atom. The minimum Gasteiger partial charge on any atom is -0.487 e. The van der Waals surface area contributed by atoms with E-state index in [-0.39, 0.29) is 24.5 Å². The third kappa shape index (κ3) is 4.70. The summed E-state index contributed by atoms with van der Waals surface area (Å²) in [5.74, 6) is 0.422. The molecular formula is C26H29NO5. The number of aliphatic hydroxyl groups excluding tert-OH is 1. The Kier molecular flexibility index (Phi) is 6.07. The van der Waals surface area contributed by atoms with E-state index in [1.165, 1.54) is 0 Å². The number of nitrogens with one attached hydrogen (secondary N) is 1. The Balaban J connectivity index is 1.56. The van der Waals surface area contributed by atoms with Gasteiger partial charge in [-0.25, -0.2) is 4.79 Å². The topological polar surface area (TPSA) is 88.8 Å². The zero-order valence-corrected chi connectivity index (χ0v) is 18.7. The molecule has 0 saturated carbocycles. The molecule has 2 heterocycles. The monoisotopic (exact) mass is 435 g/mol. The summed E-state index contributed by atoms with van der Waals surface area (Å²) >= 11 is 0. The van der Waals surface area contributed by atoms with Gasteiger partial charge in [-0.2, -0.15) is 0 Å². The van der Waals surface area contributed by atoms with E-state index in [4.69, 9.17) is 9.15 Å². The number of ether oxygens (including phenoxy) is 1. The molecule has 4 rings (SSSR count). The second-order valence-corrected chi connectivity index (χ2v) is 9.12. The summed E-state index contributed by atoms with van der Waals surface area (Å²) in [5, 5.41) is 13.3. The van der Waals surface area contributed by atoms with Crippen molar-refractivity contribution in [1.29, 1.82) is 0 Å². The van der Waals surface area contributed by atoms with Crippen molar-refractivity contribution in [3.8, 4) is 5.75 Å². The summed E-state index contributed by atoms with van der Waals surface area (Å²) in [4.78, 5) is 25.4. The van der Waals surface area contributed by atoms with Crippen LogP contribution < -0.4 is 15.7 Å². The van der Waals surface area contributed by atoms with Gasteiger partial charge in [0.15, 0.2) is 0 Å². The van der Waals surface area contributed by atoms with Crippen LogP contribution in [0.4, 0.5) is 0 Å². The summed E-state index contributed by atoms with van der Waals surface area (Å²) in [6, 6.07) is 13.0. The van der Waals surface area contributed by atoms with Crippen LogP contribution in [0.25, 0.3) is 11.0 Å². The SMILES string of the molecule is Cc1c(CC(=O)N[C@@H](CO)Cc2ccccc2)c(=O)oc2cc3c(cc12)CCC(C)(C)O3. The van der Waals surface area contributed by atoms with Crippen molar-refractivity contribution < 1.29 is 19.1 Å². The van der Waals surface area contributed by atoms with Crippen LogP contribution in [0.15, 0.2) is 51.7 Å². The van der Waals surface area contributed by atoms with Crippen molar-refractivity contribution in [1.82, 2.24) is 5.32 Å². The molecule has 168 valence electrons. The molecule has 32 heavy (non-hydrogen) atoms. The van der Waals surface area contributed by atoms with Crippen LogP contribution >= 0.6 is 0 Å². The minimum atomic E-state index is -0.524. The molecule has 0 unspecified atom stereocenters. The highest BCUT2D eigenvalue weighted by atomic mass is 16.5. The van der Waals surface area contributed by atoms with Gasteiger partial charge in [0, 0.05) is 11.5 Å². The van der Waals surface area contributed by atoms with E-state index in [0.717, 1.165) is 40.7 Å². The van der Waals surface area contributed by atoms with E-state index in [0.29, 0.717) is 17.6 Å². The van der Waals surface area contributed by atoms with Crippen LogP contribution in [0.3, 0.4) is 0 Å². The largest absolute Gasteiger partial charge is 0.487 e. The number of benzene rings is 2. The number of fused-ring (bicyclic) bond motifs is 2. The minimum absolute atomic E-state index is 0.101. The number of carbonyl (C=O) groups excluding carboxylic acids is 1. The molecule has 0 aliphatic carbocycles. The van der Waals surface area contributed by atoms with Crippen molar-refractivity contribution in [2.24, 2.45) is 0 Å². The zero-order valence-electron chi connectivity index (χ0n) is 18.7. The van der Waals surface area contributed by atoms with Crippen LogP contribution in [0.5, 0.6) is 5.75 Å². The predicted octanol–water partition coefficient (Wildman–Crippen LogP) is 3.47. The molecule has 2 N–H and O–H groups in total. The molecule has 2 aromatic carbocycles. The number of aliphatic hydroxyl groups is 1. The summed E-state index contributed by atoms with van der Waals surface area (Å²) in [7, 11) is 0. The van der Waals surface area contributed by atoms with Gasteiger partial charge in [-0.05, 0) is 62.8 Å². The van der Waals surface area contributed by atoms with Crippen LogP contribution in [-0.2, 0) is 24.1 Å².